The van der Waals surface area contributed by atoms with Crippen LogP contribution < -0.4 is 4.90 Å². The monoisotopic (exact) mass is 521 g/mol. The third-order valence-electron chi connectivity index (χ3n) is 5.38. The molecule has 0 aromatic heterocycles. The number of para-hydroxylation sites is 1. The van der Waals surface area contributed by atoms with Gasteiger partial charge in [0, 0.05) is 0 Å². The van der Waals surface area contributed by atoms with Crippen molar-refractivity contribution in [2.75, 3.05) is 18.1 Å². The SMILES string of the molecule is CCOC(=O)[C@H](CCc1ccccc1)[AsH][C@H]1CCc2ccccc2N(CC(=O)O)C1=O.Cl. The van der Waals surface area contributed by atoms with E-state index in [-0.39, 0.29) is 40.2 Å². The second-order valence-electron chi connectivity index (χ2n) is 7.53. The summed E-state index contributed by atoms with van der Waals surface area (Å²) in [5.41, 5.74) is 2.79. The van der Waals surface area contributed by atoms with Crippen LogP contribution in [0.25, 0.3) is 0 Å². The van der Waals surface area contributed by atoms with Gasteiger partial charge in [0.1, 0.15) is 0 Å². The molecule has 0 saturated carbocycles. The number of hydrogen-bond donors (Lipinski definition) is 1. The van der Waals surface area contributed by atoms with Gasteiger partial charge in [0.25, 0.3) is 0 Å². The number of rotatable bonds is 9. The summed E-state index contributed by atoms with van der Waals surface area (Å²) in [6.07, 6.45) is 2.71. The zero-order chi connectivity index (χ0) is 22.2. The Balaban J connectivity index is 0.00000363. The minimum atomic E-state index is -1.06. The largest absolute Gasteiger partial charge is 0.147 e. The number of hydrogen-bond acceptors (Lipinski definition) is 4. The van der Waals surface area contributed by atoms with E-state index in [1.165, 1.54) is 4.90 Å². The first-order valence-electron chi connectivity index (χ1n) is 10.6. The number of amides is 1. The maximum atomic E-state index is 13.4. The summed E-state index contributed by atoms with van der Waals surface area (Å²) in [5.74, 6) is -1.46. The molecule has 3 rings (SSSR count). The Morgan fingerprint density at radius 3 is 2.53 bits per heavy atom. The van der Waals surface area contributed by atoms with Gasteiger partial charge in [-0.2, -0.15) is 0 Å². The molecule has 0 bridgehead atoms. The predicted octanol–water partition coefficient (Wildman–Crippen LogP) is 3.68. The Kier molecular flexibility index (Phi) is 10.3. The van der Waals surface area contributed by atoms with Gasteiger partial charge in [-0.25, -0.2) is 0 Å². The second kappa shape index (κ2) is 12.7. The van der Waals surface area contributed by atoms with Gasteiger partial charge in [-0.1, -0.05) is 0 Å². The van der Waals surface area contributed by atoms with E-state index in [9.17, 15) is 19.5 Å². The predicted molar refractivity (Wildman–Crippen MR) is 128 cm³/mol. The van der Waals surface area contributed by atoms with Gasteiger partial charge in [0.05, 0.1) is 0 Å². The summed E-state index contributed by atoms with van der Waals surface area (Å²) < 4.78 is 4.73. The summed E-state index contributed by atoms with van der Waals surface area (Å²) in [5, 5.41) is 9.38. The quantitative estimate of drug-likeness (QED) is 0.402. The smallest absolute Gasteiger partial charge is 0.147 e. The Morgan fingerprint density at radius 1 is 1.16 bits per heavy atom. The summed E-state index contributed by atoms with van der Waals surface area (Å²) >= 11 is -1.06. The number of esters is 1. The van der Waals surface area contributed by atoms with Crippen LogP contribution in [0.5, 0.6) is 0 Å². The molecule has 8 heteroatoms. The van der Waals surface area contributed by atoms with Gasteiger partial charge in [-0.05, 0) is 0 Å². The van der Waals surface area contributed by atoms with E-state index in [4.69, 9.17) is 4.74 Å². The van der Waals surface area contributed by atoms with Gasteiger partial charge in [-0.15, -0.1) is 12.4 Å². The number of benzene rings is 2. The molecule has 0 radical (unpaired) electrons. The van der Waals surface area contributed by atoms with E-state index in [1.54, 1.807) is 13.0 Å². The number of carboxylic acid groups (broad SMARTS) is 1. The molecule has 0 saturated heterocycles. The summed E-state index contributed by atoms with van der Waals surface area (Å²) in [6, 6.07) is 17.4. The van der Waals surface area contributed by atoms with E-state index in [0.717, 1.165) is 17.5 Å². The third kappa shape index (κ3) is 6.85. The van der Waals surface area contributed by atoms with Crippen molar-refractivity contribution in [2.45, 2.75) is 42.0 Å². The molecular weight excluding hydrogens is 493 g/mol. The molecule has 3 atom stereocenters. The molecule has 32 heavy (non-hydrogen) atoms. The zero-order valence-corrected chi connectivity index (χ0v) is 20.9. The fourth-order valence-corrected chi connectivity index (χ4v) is 7.29. The molecule has 0 fully saturated rings. The molecule has 1 heterocycles. The van der Waals surface area contributed by atoms with Gasteiger partial charge >= 0.3 is 189 Å². The topological polar surface area (TPSA) is 83.9 Å². The van der Waals surface area contributed by atoms with Crippen LogP contribution in [0.1, 0.15) is 30.9 Å². The minimum Gasteiger partial charge on any atom is -0.147 e. The fraction of sp³-hybridized carbons (Fsp3) is 0.375. The van der Waals surface area contributed by atoms with Crippen LogP contribution in [0.4, 0.5) is 5.69 Å². The Morgan fingerprint density at radius 2 is 1.84 bits per heavy atom. The average Bonchev–Trinajstić information content (AvgIpc) is 2.89. The summed E-state index contributed by atoms with van der Waals surface area (Å²) in [4.78, 5) is 38.9. The maximum Gasteiger partial charge on any atom is -0.147 e. The van der Waals surface area contributed by atoms with Crippen molar-refractivity contribution >= 4 is 51.7 Å². The van der Waals surface area contributed by atoms with E-state index in [1.807, 2.05) is 48.5 Å². The summed E-state index contributed by atoms with van der Waals surface area (Å²) in [7, 11) is 0. The molecule has 0 aliphatic carbocycles. The Bertz CT molecular complexity index is 924. The number of aryl methyl sites for hydroxylation is 2. The molecule has 6 nitrogen and oxygen atoms in total. The van der Waals surface area contributed by atoms with E-state index >= 15 is 0 Å². The standard InChI is InChI=1S/C24H28AsNO5.ClH/c1-2-31-24(30)20(14-12-17-8-4-3-5-9-17)25-19-15-13-18-10-6-7-11-21(18)26(23(19)29)16-22(27)28;/h3-11,19-20,25H,2,12-16H2,1H3,(H,27,28);1H/t19-,20-;/m0./s1. The van der Waals surface area contributed by atoms with Crippen LogP contribution in [-0.4, -0.2) is 51.9 Å². The first kappa shape index (κ1) is 26.0. The normalized spacial score (nSPS) is 16.7. The van der Waals surface area contributed by atoms with Crippen molar-refractivity contribution in [2.24, 2.45) is 0 Å². The first-order chi connectivity index (χ1) is 15.0. The van der Waals surface area contributed by atoms with Gasteiger partial charge < -0.3 is 0 Å². The van der Waals surface area contributed by atoms with Crippen molar-refractivity contribution in [1.29, 1.82) is 0 Å². The summed E-state index contributed by atoms with van der Waals surface area (Å²) in [6.45, 7) is 1.73. The van der Waals surface area contributed by atoms with Crippen LogP contribution in [0, 0.1) is 0 Å². The number of nitrogens with zero attached hydrogens (tertiary/aromatic N) is 1. The van der Waals surface area contributed by atoms with Gasteiger partial charge in [0.15, 0.2) is 0 Å². The van der Waals surface area contributed by atoms with Gasteiger partial charge in [0.2, 0.25) is 0 Å². The maximum absolute atomic E-state index is 13.4. The molecule has 1 unspecified atom stereocenters. The number of halogens is 1. The van der Waals surface area contributed by atoms with E-state index in [0.29, 0.717) is 31.6 Å². The number of aliphatic carboxylic acids is 1. The number of ether oxygens (including phenoxy) is 1. The molecule has 2 aromatic rings. The van der Waals surface area contributed by atoms with Crippen LogP contribution >= 0.6 is 12.4 Å². The second-order valence-corrected chi connectivity index (χ2v) is 11.2. The average molecular weight is 522 g/mol. The minimum absolute atomic E-state index is 0. The van der Waals surface area contributed by atoms with Crippen molar-refractivity contribution in [3.63, 3.8) is 0 Å². The van der Waals surface area contributed by atoms with Crippen molar-refractivity contribution in [1.82, 2.24) is 0 Å². The first-order valence-corrected chi connectivity index (χ1v) is 13.0. The van der Waals surface area contributed by atoms with Crippen LogP contribution in [0.2, 0.25) is 9.41 Å². The molecule has 1 N–H and O–H groups in total. The van der Waals surface area contributed by atoms with Crippen molar-refractivity contribution in [3.05, 3.63) is 65.7 Å². The van der Waals surface area contributed by atoms with E-state index in [2.05, 4.69) is 0 Å². The Labute approximate surface area is 201 Å². The molecule has 172 valence electrons. The molecule has 0 spiro atoms. The zero-order valence-electron chi connectivity index (χ0n) is 18.0. The molecule has 2 aromatic carbocycles. The Hall–Kier alpha value is -2.30. The molecule has 1 aliphatic rings. The molecule has 1 amide bonds. The number of anilines is 1. The van der Waals surface area contributed by atoms with Crippen molar-refractivity contribution in [3.8, 4) is 0 Å². The third-order valence-corrected chi connectivity index (χ3v) is 9.29. The number of carbonyl (C=O) groups excluding carboxylic acids is 2. The van der Waals surface area contributed by atoms with Crippen molar-refractivity contribution < 1.29 is 24.2 Å². The fourth-order valence-electron chi connectivity index (χ4n) is 3.88. The number of fused-ring (bicyclic) bond motifs is 1. The van der Waals surface area contributed by atoms with Crippen LogP contribution in [0.3, 0.4) is 0 Å². The molecule has 1 aliphatic heterocycles. The number of carbonyl (C=O) groups is 3. The molecular formula is C24H29AsClNO5. The van der Waals surface area contributed by atoms with Crippen LogP contribution in [-0.2, 0) is 32.0 Å². The van der Waals surface area contributed by atoms with Crippen LogP contribution in [0.15, 0.2) is 54.6 Å². The number of carboxylic acids is 1. The van der Waals surface area contributed by atoms with E-state index < -0.39 is 21.7 Å². The van der Waals surface area contributed by atoms with Gasteiger partial charge in [-0.3, -0.25) is 0 Å².